The number of nitrogen functional groups attached to an aromatic ring is 1. The molecule has 0 fully saturated rings. The third-order valence-electron chi connectivity index (χ3n) is 2.78. The molecule has 0 aliphatic rings. The van der Waals surface area contributed by atoms with Crippen LogP contribution in [0, 0.1) is 0 Å². The molecule has 8 heteroatoms. The second-order valence-electron chi connectivity index (χ2n) is 5.01. The molecule has 1 amide bonds. The average Bonchev–Trinajstić information content (AvgIpc) is 2.35. The molecule has 1 unspecified atom stereocenters. The molecular formula is C13H19F3N4O. The molecule has 0 saturated heterocycles. The zero-order valence-electron chi connectivity index (χ0n) is 12.1. The number of carbonyl (C=O) groups is 1. The molecule has 0 aromatic heterocycles. The van der Waals surface area contributed by atoms with Gasteiger partial charge < -0.3 is 15.6 Å². The molecule has 5 nitrogen and oxygen atoms in total. The van der Waals surface area contributed by atoms with E-state index in [1.807, 2.05) is 24.4 Å². The van der Waals surface area contributed by atoms with Gasteiger partial charge in [-0.05, 0) is 33.2 Å². The fourth-order valence-corrected chi connectivity index (χ4v) is 2.03. The van der Waals surface area contributed by atoms with Gasteiger partial charge in [-0.3, -0.25) is 10.6 Å². The Balaban J connectivity index is 3.05. The van der Waals surface area contributed by atoms with E-state index in [9.17, 15) is 18.0 Å². The maximum absolute atomic E-state index is 12.9. The van der Waals surface area contributed by atoms with Crippen LogP contribution in [0.4, 0.5) is 18.9 Å². The molecule has 1 rings (SSSR count). The van der Waals surface area contributed by atoms with Crippen molar-refractivity contribution in [2.75, 3.05) is 26.1 Å². The lowest BCUT2D eigenvalue weighted by Gasteiger charge is -2.20. The minimum absolute atomic E-state index is 0.141. The number of para-hydroxylation sites is 1. The first-order chi connectivity index (χ1) is 9.66. The lowest BCUT2D eigenvalue weighted by Crippen LogP contribution is -2.40. The van der Waals surface area contributed by atoms with Gasteiger partial charge in [-0.1, -0.05) is 6.07 Å². The van der Waals surface area contributed by atoms with E-state index in [1.165, 1.54) is 12.1 Å². The highest BCUT2D eigenvalue weighted by Crippen LogP contribution is 2.36. The molecule has 1 atom stereocenters. The maximum Gasteiger partial charge on any atom is 0.418 e. The lowest BCUT2D eigenvalue weighted by atomic mass is 10.1. The van der Waals surface area contributed by atoms with Crippen LogP contribution in [0.3, 0.4) is 0 Å². The Bertz CT molecular complexity index is 503. The molecule has 4 N–H and O–H groups in total. The average molecular weight is 304 g/mol. The molecule has 0 bridgehead atoms. The second-order valence-corrected chi connectivity index (χ2v) is 5.01. The maximum atomic E-state index is 12.9. The van der Waals surface area contributed by atoms with Crippen molar-refractivity contribution >= 4 is 11.6 Å². The normalized spacial score (nSPS) is 13.1. The number of anilines is 1. The van der Waals surface area contributed by atoms with E-state index in [-0.39, 0.29) is 11.6 Å². The van der Waals surface area contributed by atoms with E-state index in [0.29, 0.717) is 6.54 Å². The molecule has 1 aromatic rings. The smallest absolute Gasteiger partial charge is 0.348 e. The SMILES string of the molecule is CC(CN(C)C)NC(=O)c1cccc(C(F)(F)F)c1NN. The summed E-state index contributed by atoms with van der Waals surface area (Å²) in [6, 6.07) is 3.12. The van der Waals surface area contributed by atoms with Gasteiger partial charge in [0.25, 0.3) is 5.91 Å². The Morgan fingerprint density at radius 1 is 1.38 bits per heavy atom. The summed E-state index contributed by atoms with van der Waals surface area (Å²) in [5, 5.41) is 2.64. The van der Waals surface area contributed by atoms with Gasteiger partial charge in [0, 0.05) is 12.6 Å². The van der Waals surface area contributed by atoms with Crippen LogP contribution >= 0.6 is 0 Å². The highest BCUT2D eigenvalue weighted by molar-refractivity contribution is 6.00. The summed E-state index contributed by atoms with van der Waals surface area (Å²) in [5.74, 6) is 4.55. The van der Waals surface area contributed by atoms with E-state index >= 15 is 0 Å². The Hall–Kier alpha value is -1.80. The third kappa shape index (κ3) is 4.61. The van der Waals surface area contributed by atoms with Gasteiger partial charge in [-0.2, -0.15) is 13.2 Å². The molecule has 0 heterocycles. The summed E-state index contributed by atoms with van der Waals surface area (Å²) in [5.41, 5.74) is 0.428. The predicted octanol–water partition coefficient (Wildman–Crippen LogP) is 1.67. The number of alkyl halides is 3. The van der Waals surface area contributed by atoms with Crippen molar-refractivity contribution in [2.24, 2.45) is 5.84 Å². The summed E-state index contributed by atoms with van der Waals surface area (Å²) in [7, 11) is 3.67. The minimum atomic E-state index is -4.59. The number of benzene rings is 1. The van der Waals surface area contributed by atoms with Crippen LogP contribution in [-0.4, -0.2) is 37.5 Å². The van der Waals surface area contributed by atoms with Gasteiger partial charge in [0.15, 0.2) is 0 Å². The highest BCUT2D eigenvalue weighted by Gasteiger charge is 2.35. The van der Waals surface area contributed by atoms with Crippen LogP contribution in [0.25, 0.3) is 0 Å². The zero-order valence-corrected chi connectivity index (χ0v) is 12.1. The van der Waals surface area contributed by atoms with Gasteiger partial charge in [0.05, 0.1) is 16.8 Å². The van der Waals surface area contributed by atoms with Crippen molar-refractivity contribution in [2.45, 2.75) is 19.1 Å². The van der Waals surface area contributed by atoms with Gasteiger partial charge in [-0.25, -0.2) is 0 Å². The van der Waals surface area contributed by atoms with Crippen molar-refractivity contribution < 1.29 is 18.0 Å². The number of rotatable bonds is 5. The number of amides is 1. The monoisotopic (exact) mass is 304 g/mol. The number of hydrogen-bond donors (Lipinski definition) is 3. The molecule has 21 heavy (non-hydrogen) atoms. The Labute approximate surface area is 121 Å². The zero-order chi connectivity index (χ0) is 16.2. The fraction of sp³-hybridized carbons (Fsp3) is 0.462. The first-order valence-electron chi connectivity index (χ1n) is 6.29. The summed E-state index contributed by atoms with van der Waals surface area (Å²) in [6.45, 7) is 2.33. The molecule has 0 spiro atoms. The van der Waals surface area contributed by atoms with Crippen LogP contribution in [-0.2, 0) is 6.18 Å². The number of likely N-dealkylation sites (N-methyl/N-ethyl adjacent to an activating group) is 1. The Kier molecular flexibility index (Phi) is 5.56. The summed E-state index contributed by atoms with van der Waals surface area (Å²) in [4.78, 5) is 14.0. The summed E-state index contributed by atoms with van der Waals surface area (Å²) >= 11 is 0. The molecule has 0 saturated carbocycles. The number of hydrogen-bond acceptors (Lipinski definition) is 4. The molecule has 0 aliphatic carbocycles. The standard InChI is InChI=1S/C13H19F3N4O/c1-8(7-20(2)3)18-12(21)9-5-4-6-10(11(9)19-17)13(14,15)16/h4-6,8,19H,7,17H2,1-3H3,(H,18,21). The van der Waals surface area contributed by atoms with E-state index < -0.39 is 23.3 Å². The van der Waals surface area contributed by atoms with Gasteiger partial charge in [0.2, 0.25) is 0 Å². The third-order valence-corrected chi connectivity index (χ3v) is 2.78. The van der Waals surface area contributed by atoms with E-state index in [2.05, 4.69) is 5.32 Å². The van der Waals surface area contributed by atoms with Crippen molar-refractivity contribution in [1.29, 1.82) is 0 Å². The van der Waals surface area contributed by atoms with Gasteiger partial charge in [0.1, 0.15) is 0 Å². The van der Waals surface area contributed by atoms with Crippen molar-refractivity contribution in [3.8, 4) is 0 Å². The largest absolute Gasteiger partial charge is 0.418 e. The first-order valence-corrected chi connectivity index (χ1v) is 6.29. The van der Waals surface area contributed by atoms with Gasteiger partial charge >= 0.3 is 6.18 Å². The fourth-order valence-electron chi connectivity index (χ4n) is 2.03. The molecule has 118 valence electrons. The summed E-state index contributed by atoms with van der Waals surface area (Å²) in [6.07, 6.45) is -4.59. The molecule has 1 aromatic carbocycles. The molecular weight excluding hydrogens is 285 g/mol. The van der Waals surface area contributed by atoms with Crippen LogP contribution in [0.2, 0.25) is 0 Å². The lowest BCUT2D eigenvalue weighted by molar-refractivity contribution is -0.137. The van der Waals surface area contributed by atoms with Crippen LogP contribution in [0.1, 0.15) is 22.8 Å². The number of nitrogens with zero attached hydrogens (tertiary/aromatic N) is 1. The van der Waals surface area contributed by atoms with Crippen molar-refractivity contribution in [3.05, 3.63) is 29.3 Å². The Morgan fingerprint density at radius 2 is 2.00 bits per heavy atom. The van der Waals surface area contributed by atoms with Crippen LogP contribution in [0.15, 0.2) is 18.2 Å². The molecule has 0 radical (unpaired) electrons. The second kappa shape index (κ2) is 6.77. The number of carbonyl (C=O) groups excluding carboxylic acids is 1. The number of halogens is 3. The van der Waals surface area contributed by atoms with Crippen LogP contribution in [0.5, 0.6) is 0 Å². The number of nitrogens with two attached hydrogens (primary N) is 1. The summed E-state index contributed by atoms with van der Waals surface area (Å²) < 4.78 is 38.6. The van der Waals surface area contributed by atoms with E-state index in [4.69, 9.17) is 5.84 Å². The van der Waals surface area contributed by atoms with E-state index in [0.717, 1.165) is 6.07 Å². The van der Waals surface area contributed by atoms with Gasteiger partial charge in [-0.15, -0.1) is 0 Å². The first kappa shape index (κ1) is 17.3. The molecule has 0 aliphatic heterocycles. The number of nitrogens with one attached hydrogen (secondary N) is 2. The minimum Gasteiger partial charge on any atom is -0.348 e. The number of hydrazine groups is 1. The van der Waals surface area contributed by atoms with E-state index in [1.54, 1.807) is 6.92 Å². The topological polar surface area (TPSA) is 70.4 Å². The van der Waals surface area contributed by atoms with Crippen molar-refractivity contribution in [1.82, 2.24) is 10.2 Å². The van der Waals surface area contributed by atoms with Crippen molar-refractivity contribution in [3.63, 3.8) is 0 Å². The highest BCUT2D eigenvalue weighted by atomic mass is 19.4. The predicted molar refractivity (Wildman–Crippen MR) is 74.7 cm³/mol. The van der Waals surface area contributed by atoms with Crippen LogP contribution < -0.4 is 16.6 Å². The quantitative estimate of drug-likeness (QED) is 0.572. The Morgan fingerprint density at radius 3 is 2.48 bits per heavy atom.